The van der Waals surface area contributed by atoms with Gasteiger partial charge in [-0.2, -0.15) is 0 Å². The first-order valence-electron chi connectivity index (χ1n) is 8.56. The predicted molar refractivity (Wildman–Crippen MR) is 98.2 cm³/mol. The molecule has 7 nitrogen and oxygen atoms in total. The first kappa shape index (κ1) is 16.7. The Labute approximate surface area is 154 Å². The number of hydrogen-bond donors (Lipinski definition) is 1. The number of anilines is 2. The lowest BCUT2D eigenvalue weighted by Crippen LogP contribution is -2.52. The molecule has 2 aromatic rings. The van der Waals surface area contributed by atoms with E-state index in [1.807, 2.05) is 0 Å². The maximum Gasteiger partial charge on any atom is 0.256 e. The van der Waals surface area contributed by atoms with Crippen molar-refractivity contribution in [2.45, 2.75) is 25.3 Å². The molecular weight excluding hydrogens is 352 g/mol. The summed E-state index contributed by atoms with van der Waals surface area (Å²) in [4.78, 5) is 45.7. The fourth-order valence-electron chi connectivity index (χ4n) is 3.53. The molecule has 1 atom stereocenters. The Morgan fingerprint density at radius 1 is 1.27 bits per heavy atom. The van der Waals surface area contributed by atoms with E-state index in [-0.39, 0.29) is 24.3 Å². The highest BCUT2D eigenvalue weighted by atomic mass is 32.1. The van der Waals surface area contributed by atoms with Gasteiger partial charge in [-0.25, -0.2) is 4.98 Å². The van der Waals surface area contributed by atoms with Gasteiger partial charge in [0.15, 0.2) is 5.13 Å². The van der Waals surface area contributed by atoms with Crippen LogP contribution < -0.4 is 10.2 Å². The third kappa shape index (κ3) is 2.96. The summed E-state index contributed by atoms with van der Waals surface area (Å²) in [5, 5.41) is 4.95. The topological polar surface area (TPSA) is 82.6 Å². The Morgan fingerprint density at radius 2 is 2.12 bits per heavy atom. The zero-order valence-corrected chi connectivity index (χ0v) is 14.9. The third-order valence-corrected chi connectivity index (χ3v) is 5.41. The summed E-state index contributed by atoms with van der Waals surface area (Å²) in [5.74, 6) is -0.668. The first-order chi connectivity index (χ1) is 12.6. The van der Waals surface area contributed by atoms with Crippen molar-refractivity contribution in [3.05, 3.63) is 41.4 Å². The number of thiazole rings is 1. The molecule has 134 valence electrons. The highest BCUT2D eigenvalue weighted by molar-refractivity contribution is 7.13. The Hall–Kier alpha value is -2.74. The summed E-state index contributed by atoms with van der Waals surface area (Å²) in [6.07, 6.45) is 4.02. The molecular formula is C18H18N4O3S. The quantitative estimate of drug-likeness (QED) is 0.897. The molecule has 3 amide bonds. The molecule has 0 spiro atoms. The highest BCUT2D eigenvalue weighted by Crippen LogP contribution is 2.31. The van der Waals surface area contributed by atoms with Gasteiger partial charge in [-0.05, 0) is 31.4 Å². The van der Waals surface area contributed by atoms with Crippen molar-refractivity contribution >= 4 is 39.9 Å². The Morgan fingerprint density at radius 3 is 2.92 bits per heavy atom. The highest BCUT2D eigenvalue weighted by Gasteiger charge is 2.40. The van der Waals surface area contributed by atoms with Gasteiger partial charge in [0.05, 0.1) is 11.3 Å². The lowest BCUT2D eigenvalue weighted by atomic mass is 10.0. The van der Waals surface area contributed by atoms with E-state index in [0.717, 1.165) is 12.8 Å². The standard InChI is InChI=1S/C18H18N4O3S/c23-15(20-18-19-8-10-26-18)11-22-13-6-2-1-5-12(13)16(24)21-9-4-3-7-14(21)17(22)25/h1-2,5-6,8,10,14H,3-4,7,9,11H2,(H,19,20,23). The molecule has 2 aliphatic heterocycles. The number of fused-ring (bicyclic) bond motifs is 2. The van der Waals surface area contributed by atoms with Gasteiger partial charge in [-0.1, -0.05) is 12.1 Å². The number of para-hydroxylation sites is 1. The molecule has 0 saturated carbocycles. The second-order valence-electron chi connectivity index (χ2n) is 6.34. The van der Waals surface area contributed by atoms with E-state index in [2.05, 4.69) is 10.3 Å². The molecule has 0 bridgehead atoms. The van der Waals surface area contributed by atoms with Gasteiger partial charge in [0, 0.05) is 18.1 Å². The minimum Gasteiger partial charge on any atom is -0.327 e. The number of rotatable bonds is 3. The SMILES string of the molecule is O=C(CN1C(=O)C2CCCCN2C(=O)c2ccccc21)Nc1nccs1. The van der Waals surface area contributed by atoms with Crippen molar-refractivity contribution in [2.75, 3.05) is 23.3 Å². The molecule has 1 unspecified atom stereocenters. The van der Waals surface area contributed by atoms with Crippen LogP contribution in [0.25, 0.3) is 0 Å². The van der Waals surface area contributed by atoms with E-state index in [1.165, 1.54) is 16.2 Å². The van der Waals surface area contributed by atoms with Crippen molar-refractivity contribution in [3.63, 3.8) is 0 Å². The van der Waals surface area contributed by atoms with E-state index in [1.54, 1.807) is 40.7 Å². The number of carbonyl (C=O) groups is 3. The smallest absolute Gasteiger partial charge is 0.256 e. The van der Waals surface area contributed by atoms with E-state index >= 15 is 0 Å². The lowest BCUT2D eigenvalue weighted by molar-refractivity contribution is -0.125. The number of aromatic nitrogens is 1. The second-order valence-corrected chi connectivity index (χ2v) is 7.23. The maximum atomic E-state index is 13.2. The molecule has 26 heavy (non-hydrogen) atoms. The predicted octanol–water partition coefficient (Wildman–Crippen LogP) is 2.12. The monoisotopic (exact) mass is 370 g/mol. The van der Waals surface area contributed by atoms with Crippen molar-refractivity contribution in [3.8, 4) is 0 Å². The summed E-state index contributed by atoms with van der Waals surface area (Å²) in [7, 11) is 0. The third-order valence-electron chi connectivity index (χ3n) is 4.72. The van der Waals surface area contributed by atoms with Crippen molar-refractivity contribution < 1.29 is 14.4 Å². The van der Waals surface area contributed by atoms with E-state index in [9.17, 15) is 14.4 Å². The Balaban J connectivity index is 1.67. The molecule has 2 aliphatic rings. The average Bonchev–Trinajstić information content (AvgIpc) is 3.15. The number of nitrogens with one attached hydrogen (secondary N) is 1. The van der Waals surface area contributed by atoms with Crippen LogP contribution in [0.5, 0.6) is 0 Å². The van der Waals surface area contributed by atoms with Gasteiger partial charge in [0.25, 0.3) is 5.91 Å². The molecule has 0 radical (unpaired) electrons. The Bertz CT molecular complexity index is 852. The van der Waals surface area contributed by atoms with Crippen molar-refractivity contribution in [1.82, 2.24) is 9.88 Å². The summed E-state index contributed by atoms with van der Waals surface area (Å²) in [6.45, 7) is 0.426. The van der Waals surface area contributed by atoms with Crippen LogP contribution in [-0.2, 0) is 9.59 Å². The number of amides is 3. The Kier molecular flexibility index (Phi) is 4.42. The summed E-state index contributed by atoms with van der Waals surface area (Å²) >= 11 is 1.31. The van der Waals surface area contributed by atoms with Gasteiger partial charge in [0.2, 0.25) is 11.8 Å². The zero-order valence-electron chi connectivity index (χ0n) is 14.1. The minimum absolute atomic E-state index is 0.138. The molecule has 1 N–H and O–H groups in total. The van der Waals surface area contributed by atoms with Gasteiger partial charge < -0.3 is 15.1 Å². The van der Waals surface area contributed by atoms with Crippen LogP contribution in [0, 0.1) is 0 Å². The van der Waals surface area contributed by atoms with Crippen LogP contribution in [0.15, 0.2) is 35.8 Å². The number of benzene rings is 1. The molecule has 4 rings (SSSR count). The van der Waals surface area contributed by atoms with Crippen LogP contribution in [0.1, 0.15) is 29.6 Å². The number of nitrogens with zero attached hydrogens (tertiary/aromatic N) is 3. The largest absolute Gasteiger partial charge is 0.327 e. The van der Waals surface area contributed by atoms with Crippen LogP contribution in [0.4, 0.5) is 10.8 Å². The summed E-state index contributed by atoms with van der Waals surface area (Å²) in [6, 6.07) is 6.49. The van der Waals surface area contributed by atoms with Crippen LogP contribution >= 0.6 is 11.3 Å². The maximum absolute atomic E-state index is 13.2. The second kappa shape index (κ2) is 6.87. The zero-order chi connectivity index (χ0) is 18.1. The van der Waals surface area contributed by atoms with E-state index in [4.69, 9.17) is 0 Å². The number of carbonyl (C=O) groups excluding carboxylic acids is 3. The van der Waals surface area contributed by atoms with E-state index in [0.29, 0.717) is 29.3 Å². The molecule has 1 aromatic carbocycles. The normalized spacial score (nSPS) is 19.6. The lowest BCUT2D eigenvalue weighted by Gasteiger charge is -2.34. The van der Waals surface area contributed by atoms with Gasteiger partial charge in [-0.15, -0.1) is 11.3 Å². The summed E-state index contributed by atoms with van der Waals surface area (Å²) < 4.78 is 0. The van der Waals surface area contributed by atoms with Gasteiger partial charge >= 0.3 is 0 Å². The van der Waals surface area contributed by atoms with Crippen LogP contribution in [0.2, 0.25) is 0 Å². The minimum atomic E-state index is -0.503. The summed E-state index contributed by atoms with van der Waals surface area (Å²) in [5.41, 5.74) is 0.957. The number of hydrogen-bond acceptors (Lipinski definition) is 5. The fraction of sp³-hybridized carbons (Fsp3) is 0.333. The van der Waals surface area contributed by atoms with E-state index < -0.39 is 6.04 Å². The average molecular weight is 370 g/mol. The first-order valence-corrected chi connectivity index (χ1v) is 9.44. The molecule has 1 aromatic heterocycles. The molecule has 1 saturated heterocycles. The molecule has 3 heterocycles. The van der Waals surface area contributed by atoms with Crippen molar-refractivity contribution in [1.29, 1.82) is 0 Å². The molecule has 0 aliphatic carbocycles. The molecule has 8 heteroatoms. The van der Waals surface area contributed by atoms with Crippen LogP contribution in [-0.4, -0.2) is 46.7 Å². The van der Waals surface area contributed by atoms with Crippen molar-refractivity contribution in [2.24, 2.45) is 0 Å². The van der Waals surface area contributed by atoms with Gasteiger partial charge in [-0.3, -0.25) is 14.4 Å². The fourth-order valence-corrected chi connectivity index (χ4v) is 4.07. The van der Waals surface area contributed by atoms with Gasteiger partial charge in [0.1, 0.15) is 12.6 Å². The van der Waals surface area contributed by atoms with Crippen LogP contribution in [0.3, 0.4) is 0 Å². The molecule has 1 fully saturated rings. The number of piperidine rings is 1.